The zero-order valence-corrected chi connectivity index (χ0v) is 10.3. The van der Waals surface area contributed by atoms with Crippen LogP contribution in [0.15, 0.2) is 11.0 Å². The summed E-state index contributed by atoms with van der Waals surface area (Å²) in [5.74, 6) is 0. The number of carbonyl (C=O) groups excluding carboxylic acids is 1. The predicted molar refractivity (Wildman–Crippen MR) is 65.8 cm³/mol. The normalized spacial score (nSPS) is 20.0. The molecule has 0 radical (unpaired) electrons. The van der Waals surface area contributed by atoms with E-state index in [1.165, 1.54) is 6.20 Å². The van der Waals surface area contributed by atoms with E-state index in [2.05, 4.69) is 21.9 Å². The molecule has 18 heavy (non-hydrogen) atoms. The van der Waals surface area contributed by atoms with Crippen LogP contribution >= 0.6 is 0 Å². The van der Waals surface area contributed by atoms with E-state index in [0.29, 0.717) is 36.5 Å². The molecule has 1 N–H and O–H groups in total. The molecule has 3 heterocycles. The van der Waals surface area contributed by atoms with Gasteiger partial charge >= 0.3 is 0 Å². The van der Waals surface area contributed by atoms with Crippen LogP contribution in [0.5, 0.6) is 0 Å². The molecule has 0 fully saturated rings. The Kier molecular flexibility index (Phi) is 2.34. The van der Waals surface area contributed by atoms with Crippen LogP contribution in [0, 0.1) is 0 Å². The number of aldehydes is 1. The summed E-state index contributed by atoms with van der Waals surface area (Å²) in [5, 5.41) is 4.19. The van der Waals surface area contributed by atoms with E-state index in [0.717, 1.165) is 11.3 Å². The van der Waals surface area contributed by atoms with E-state index in [-0.39, 0.29) is 5.56 Å². The standard InChI is InChI=1S/C12H14N4O2/c1-7-3-9-10(5-15(7)2)16-11(14-12(9)18)8(6-17)4-13-16/h4,6-7H,3,5H2,1-2H3,(H,14,18). The highest BCUT2D eigenvalue weighted by atomic mass is 16.1. The van der Waals surface area contributed by atoms with Crippen LogP contribution in [0.3, 0.4) is 0 Å². The molecule has 1 aliphatic rings. The highest BCUT2D eigenvalue weighted by Gasteiger charge is 2.25. The van der Waals surface area contributed by atoms with Gasteiger partial charge < -0.3 is 4.98 Å². The van der Waals surface area contributed by atoms with Crippen LogP contribution in [0.1, 0.15) is 28.5 Å². The maximum atomic E-state index is 12.1. The lowest BCUT2D eigenvalue weighted by Crippen LogP contribution is -2.39. The molecule has 0 spiro atoms. The Morgan fingerprint density at radius 2 is 2.33 bits per heavy atom. The van der Waals surface area contributed by atoms with Gasteiger partial charge in [0.15, 0.2) is 6.29 Å². The number of fused-ring (bicyclic) bond motifs is 3. The first-order valence-electron chi connectivity index (χ1n) is 5.89. The topological polar surface area (TPSA) is 70.5 Å². The highest BCUT2D eigenvalue weighted by molar-refractivity contribution is 5.83. The number of likely N-dealkylation sites (N-methyl/N-ethyl adjacent to an activating group) is 1. The minimum Gasteiger partial charge on any atom is -0.306 e. The first-order valence-corrected chi connectivity index (χ1v) is 5.89. The van der Waals surface area contributed by atoms with E-state index in [1.54, 1.807) is 4.52 Å². The number of aromatic amines is 1. The zero-order valence-electron chi connectivity index (χ0n) is 10.3. The third-order valence-corrected chi connectivity index (χ3v) is 3.69. The van der Waals surface area contributed by atoms with Crippen LogP contribution in [-0.4, -0.2) is 38.9 Å². The summed E-state index contributed by atoms with van der Waals surface area (Å²) in [6.45, 7) is 2.75. The van der Waals surface area contributed by atoms with Gasteiger partial charge in [0, 0.05) is 18.2 Å². The summed E-state index contributed by atoms with van der Waals surface area (Å²) < 4.78 is 1.67. The van der Waals surface area contributed by atoms with Gasteiger partial charge in [0.25, 0.3) is 5.56 Å². The van der Waals surface area contributed by atoms with Crippen molar-refractivity contribution >= 4 is 11.9 Å². The van der Waals surface area contributed by atoms with Gasteiger partial charge in [-0.25, -0.2) is 4.52 Å². The van der Waals surface area contributed by atoms with Crippen LogP contribution in [0.4, 0.5) is 0 Å². The molecular weight excluding hydrogens is 232 g/mol. The second kappa shape index (κ2) is 3.78. The van der Waals surface area contributed by atoms with Gasteiger partial charge in [0.05, 0.1) is 17.5 Å². The lowest BCUT2D eigenvalue weighted by Gasteiger charge is -2.30. The number of nitrogens with one attached hydrogen (secondary N) is 1. The van der Waals surface area contributed by atoms with Crippen LogP contribution in [0.2, 0.25) is 0 Å². The zero-order chi connectivity index (χ0) is 12.9. The summed E-state index contributed by atoms with van der Waals surface area (Å²) in [7, 11) is 2.02. The molecule has 0 amide bonds. The van der Waals surface area contributed by atoms with Crippen molar-refractivity contribution in [3.8, 4) is 0 Å². The van der Waals surface area contributed by atoms with Crippen molar-refractivity contribution < 1.29 is 4.79 Å². The molecule has 6 nitrogen and oxygen atoms in total. The molecule has 6 heteroatoms. The lowest BCUT2D eigenvalue weighted by molar-refractivity contribution is 0.112. The van der Waals surface area contributed by atoms with Gasteiger partial charge in [-0.2, -0.15) is 5.10 Å². The number of aromatic nitrogens is 3. The second-order valence-electron chi connectivity index (χ2n) is 4.83. The minimum atomic E-state index is -0.110. The first-order chi connectivity index (χ1) is 8.61. The number of hydrogen-bond acceptors (Lipinski definition) is 4. The molecule has 1 unspecified atom stereocenters. The average Bonchev–Trinajstić information content (AvgIpc) is 2.74. The van der Waals surface area contributed by atoms with E-state index in [1.807, 2.05) is 7.05 Å². The predicted octanol–water partition coefficient (Wildman–Crippen LogP) is 0.211. The summed E-state index contributed by atoms with van der Waals surface area (Å²) in [4.78, 5) is 27.9. The van der Waals surface area contributed by atoms with Crippen LogP contribution < -0.4 is 5.56 Å². The van der Waals surface area contributed by atoms with Crippen LogP contribution in [-0.2, 0) is 13.0 Å². The fourth-order valence-electron chi connectivity index (χ4n) is 2.44. The Labute approximate surface area is 103 Å². The first kappa shape index (κ1) is 11.2. The maximum Gasteiger partial charge on any atom is 0.254 e. The number of hydrogen-bond donors (Lipinski definition) is 1. The van der Waals surface area contributed by atoms with Crippen molar-refractivity contribution in [1.82, 2.24) is 19.5 Å². The molecule has 2 aromatic heterocycles. The van der Waals surface area contributed by atoms with Crippen molar-refractivity contribution in [3.05, 3.63) is 33.4 Å². The molecule has 0 saturated heterocycles. The Balaban J connectivity index is 2.33. The summed E-state index contributed by atoms with van der Waals surface area (Å²) in [6, 6.07) is 0.331. The summed E-state index contributed by atoms with van der Waals surface area (Å²) in [6.07, 6.45) is 2.89. The van der Waals surface area contributed by atoms with Gasteiger partial charge in [-0.15, -0.1) is 0 Å². The van der Waals surface area contributed by atoms with Gasteiger partial charge in [0.2, 0.25) is 0 Å². The number of nitrogens with zero attached hydrogens (tertiary/aromatic N) is 3. The second-order valence-corrected chi connectivity index (χ2v) is 4.83. The van der Waals surface area contributed by atoms with E-state index < -0.39 is 0 Å². The highest BCUT2D eigenvalue weighted by Crippen LogP contribution is 2.20. The number of carbonyl (C=O) groups is 1. The molecule has 1 aliphatic heterocycles. The van der Waals surface area contributed by atoms with Gasteiger partial charge in [0.1, 0.15) is 5.65 Å². The minimum absolute atomic E-state index is 0.110. The Bertz CT molecular complexity index is 685. The molecule has 3 rings (SSSR count). The maximum absolute atomic E-state index is 12.1. The molecule has 1 atom stereocenters. The monoisotopic (exact) mass is 246 g/mol. The van der Waals surface area contributed by atoms with Gasteiger partial charge in [-0.05, 0) is 20.4 Å². The van der Waals surface area contributed by atoms with Crippen LogP contribution in [0.25, 0.3) is 5.65 Å². The van der Waals surface area contributed by atoms with Crippen molar-refractivity contribution in [2.75, 3.05) is 7.05 Å². The molecule has 2 aromatic rings. The number of rotatable bonds is 1. The molecule has 0 aliphatic carbocycles. The molecule has 0 aromatic carbocycles. The van der Waals surface area contributed by atoms with Crippen molar-refractivity contribution in [1.29, 1.82) is 0 Å². The summed E-state index contributed by atoms with van der Waals surface area (Å²) >= 11 is 0. The third kappa shape index (κ3) is 1.42. The average molecular weight is 246 g/mol. The van der Waals surface area contributed by atoms with Gasteiger partial charge in [-0.3, -0.25) is 14.5 Å². The fourth-order valence-corrected chi connectivity index (χ4v) is 2.44. The largest absolute Gasteiger partial charge is 0.306 e. The Morgan fingerprint density at radius 3 is 3.06 bits per heavy atom. The van der Waals surface area contributed by atoms with E-state index >= 15 is 0 Å². The van der Waals surface area contributed by atoms with Crippen molar-refractivity contribution in [2.45, 2.75) is 25.9 Å². The number of H-pyrrole nitrogens is 1. The van der Waals surface area contributed by atoms with Gasteiger partial charge in [-0.1, -0.05) is 0 Å². The molecular formula is C12H14N4O2. The SMILES string of the molecule is CC1Cc2c(n3ncc(C=O)c3[nH]c2=O)CN1C. The van der Waals surface area contributed by atoms with Crippen molar-refractivity contribution in [2.24, 2.45) is 0 Å². The van der Waals surface area contributed by atoms with Crippen molar-refractivity contribution in [3.63, 3.8) is 0 Å². The quantitative estimate of drug-likeness (QED) is 0.730. The molecule has 0 bridgehead atoms. The third-order valence-electron chi connectivity index (χ3n) is 3.69. The van der Waals surface area contributed by atoms with E-state index in [9.17, 15) is 9.59 Å². The van der Waals surface area contributed by atoms with E-state index in [4.69, 9.17) is 0 Å². The fraction of sp³-hybridized carbons (Fsp3) is 0.417. The Hall–Kier alpha value is -1.95. The molecule has 94 valence electrons. The Morgan fingerprint density at radius 1 is 1.56 bits per heavy atom. The molecule has 0 saturated carbocycles. The smallest absolute Gasteiger partial charge is 0.254 e. The summed E-state index contributed by atoms with van der Waals surface area (Å²) in [5.41, 5.74) is 2.44. The lowest BCUT2D eigenvalue weighted by atomic mass is 10.0.